The zero-order valence-electron chi connectivity index (χ0n) is 57.0. The van der Waals surface area contributed by atoms with Crippen LogP contribution in [0.4, 0.5) is 0 Å². The van der Waals surface area contributed by atoms with Crippen LogP contribution >= 0.6 is 0 Å². The van der Waals surface area contributed by atoms with Gasteiger partial charge in [0.25, 0.3) is 0 Å². The number of hydrogen-bond acceptors (Lipinski definition) is 32. The van der Waals surface area contributed by atoms with Crippen LogP contribution in [0.1, 0.15) is 35.1 Å². The van der Waals surface area contributed by atoms with Gasteiger partial charge in [-0.2, -0.15) is 0 Å². The van der Waals surface area contributed by atoms with Crippen LogP contribution in [0.15, 0.2) is 119 Å². The number of hydrogen-bond donors (Lipinski definition) is 22. The monoisotopic (exact) mass is 1490 g/mol. The topological polar surface area (TPSA) is 594 Å². The third-order valence-corrected chi connectivity index (χ3v) is 19.1. The number of aliphatic imine (C=N–C) groups is 2. The molecule has 4 fully saturated rings. The molecule has 4 saturated heterocycles. The lowest BCUT2D eigenvalue weighted by Crippen LogP contribution is -2.70. The van der Waals surface area contributed by atoms with E-state index in [4.69, 9.17) is 44.6 Å². The molecule has 38 heteroatoms. The van der Waals surface area contributed by atoms with E-state index >= 15 is 9.59 Å². The second kappa shape index (κ2) is 36.1. The van der Waals surface area contributed by atoms with Gasteiger partial charge in [-0.15, -0.1) is 0 Å². The van der Waals surface area contributed by atoms with Crippen LogP contribution in [-0.4, -0.2) is 311 Å². The van der Waals surface area contributed by atoms with Gasteiger partial charge in [0.2, 0.25) is 41.7 Å². The molecule has 10 rings (SSSR count). The van der Waals surface area contributed by atoms with E-state index in [0.29, 0.717) is 23.5 Å². The molecule has 38 nitrogen and oxygen atoms in total. The molecule has 5 unspecified atom stereocenters. The predicted octanol–water partition coefficient (Wildman–Crippen LogP) is -9.81. The second-order valence-electron chi connectivity index (χ2n) is 26.3. The summed E-state index contributed by atoms with van der Waals surface area (Å²) >= 11 is 0. The lowest BCUT2D eigenvalue weighted by Gasteiger charge is -2.46. The minimum atomic E-state index is -2.35. The summed E-state index contributed by atoms with van der Waals surface area (Å²) in [7, 11) is 0. The number of benzene rings is 4. The molecule has 24 N–H and O–H groups in total. The molecule has 6 aliphatic rings. The van der Waals surface area contributed by atoms with E-state index in [1.807, 2.05) is 30.3 Å². The van der Waals surface area contributed by atoms with Gasteiger partial charge in [0.15, 0.2) is 24.4 Å². The fourth-order valence-electron chi connectivity index (χ4n) is 13.0. The first kappa shape index (κ1) is 79.7. The molecule has 578 valence electrons. The molecule has 6 aliphatic heterocycles. The molecule has 0 bridgehead atoms. The van der Waals surface area contributed by atoms with Crippen LogP contribution in [-0.2, 0) is 72.1 Å². The number of amides is 6. The van der Waals surface area contributed by atoms with E-state index in [9.17, 15) is 85.6 Å². The maximum atomic E-state index is 15.3. The molecule has 0 aliphatic carbocycles. The number of guanidine groups is 2. The normalized spacial score (nSPS) is 33.8. The highest BCUT2D eigenvalue weighted by Gasteiger charge is 2.55. The van der Waals surface area contributed by atoms with Gasteiger partial charge in [-0.1, -0.05) is 91.9 Å². The first-order chi connectivity index (χ1) is 50.8. The molecule has 0 radical (unpaired) electrons. The molecule has 0 spiro atoms. The summed E-state index contributed by atoms with van der Waals surface area (Å²) in [6, 6.07) is 17.2. The van der Waals surface area contributed by atoms with E-state index in [1.54, 1.807) is 61.5 Å². The summed E-state index contributed by atoms with van der Waals surface area (Å²) < 4.78 is 41.6. The Morgan fingerprint density at radius 3 is 1.74 bits per heavy atom. The molecular weight excluding hydrogens is 1400 g/mol. The average Bonchev–Trinajstić information content (AvgIpc) is 1.57. The van der Waals surface area contributed by atoms with E-state index in [1.165, 1.54) is 24.3 Å². The van der Waals surface area contributed by atoms with Crippen molar-refractivity contribution in [2.75, 3.05) is 46.1 Å². The smallest absolute Gasteiger partial charge is 0.246 e. The van der Waals surface area contributed by atoms with Gasteiger partial charge in [-0.05, 0) is 46.5 Å². The van der Waals surface area contributed by atoms with Crippen molar-refractivity contribution >= 4 is 47.4 Å². The van der Waals surface area contributed by atoms with Gasteiger partial charge in [0.1, 0.15) is 134 Å². The Morgan fingerprint density at radius 1 is 0.519 bits per heavy atom. The first-order valence-corrected chi connectivity index (χ1v) is 34.1. The number of rotatable bonds is 23. The average molecular weight is 1490 g/mol. The second-order valence-corrected chi connectivity index (χ2v) is 26.3. The zero-order valence-corrected chi connectivity index (χ0v) is 57.0. The van der Waals surface area contributed by atoms with Gasteiger partial charge in [-0.25, -0.2) is 0 Å². The van der Waals surface area contributed by atoms with Gasteiger partial charge in [0, 0.05) is 12.3 Å². The maximum absolute atomic E-state index is 15.3. The number of aliphatic hydroxyl groups excluding tert-OH is 13. The summed E-state index contributed by atoms with van der Waals surface area (Å²) in [6.45, 7) is -3.83. The van der Waals surface area contributed by atoms with Crippen LogP contribution < -0.4 is 58.2 Å². The van der Waals surface area contributed by atoms with Gasteiger partial charge < -0.3 is 153 Å². The molecule has 25 atom stereocenters. The number of nitrogens with one attached hydrogen (secondary N) is 7. The predicted molar refractivity (Wildman–Crippen MR) is 363 cm³/mol. The number of nitrogens with zero attached hydrogens (tertiary/aromatic N) is 3. The third kappa shape index (κ3) is 18.7. The Balaban J connectivity index is 0.898. The Bertz CT molecular complexity index is 3670. The molecule has 0 aromatic heterocycles. The minimum Gasteiger partial charge on any atom is -0.489 e. The summed E-state index contributed by atoms with van der Waals surface area (Å²) in [4.78, 5) is 96.8. The SMILES string of the molecule is CC(c1ccccc1)[C@@H]1NC(=O)CNC(=O)[C@H](CO)NC(=O)[C@@H](C(O)C2CN=C(N)N2[C@H]2O[C@H](CO)[C@@H](O)[C@H](O)[C@@H]2O)NC(=O)[C@H](C(O)C2CN=C(N)N2)NC(=O)[C@@H](Cc2ccc(O[C@H]3O[C@H](CO)[C@@H](O[C@H]4O[C@H](CO)[C@@H](O)[C@H](O)[C@@H]4OCc4ccc(OCc5ccccc5)cc4)[C@H](O)[C@@H]3O)cc2)NC1=O. The van der Waals surface area contributed by atoms with E-state index in [-0.39, 0.29) is 30.4 Å². The van der Waals surface area contributed by atoms with Crippen LogP contribution in [0.5, 0.6) is 11.5 Å². The van der Waals surface area contributed by atoms with E-state index in [0.717, 1.165) is 10.5 Å². The zero-order chi connectivity index (χ0) is 76.2. The molecule has 106 heavy (non-hydrogen) atoms. The van der Waals surface area contributed by atoms with Gasteiger partial charge in [0.05, 0.1) is 64.8 Å². The largest absolute Gasteiger partial charge is 0.489 e. The Labute approximate surface area is 605 Å². The van der Waals surface area contributed by atoms with Gasteiger partial charge in [-0.3, -0.25) is 38.8 Å². The van der Waals surface area contributed by atoms with E-state index < -0.39 is 240 Å². The highest BCUT2D eigenvalue weighted by Crippen LogP contribution is 2.34. The number of aliphatic hydroxyl groups is 13. The van der Waals surface area contributed by atoms with Crippen molar-refractivity contribution in [3.05, 3.63) is 131 Å². The number of ether oxygens (including phenoxy) is 7. The Morgan fingerprint density at radius 2 is 1.08 bits per heavy atom. The molecule has 6 amide bonds. The summed E-state index contributed by atoms with van der Waals surface area (Å²) in [6.07, 6.45) is -31.0. The van der Waals surface area contributed by atoms with E-state index in [2.05, 4.69) is 47.2 Å². The van der Waals surface area contributed by atoms with Crippen molar-refractivity contribution in [3.8, 4) is 11.5 Å². The van der Waals surface area contributed by atoms with Crippen LogP contribution in [0.25, 0.3) is 0 Å². The lowest BCUT2D eigenvalue weighted by atomic mass is 9.92. The highest BCUT2D eigenvalue weighted by atomic mass is 16.7. The van der Waals surface area contributed by atoms with Crippen molar-refractivity contribution in [1.82, 2.24) is 42.1 Å². The number of carbonyl (C=O) groups is 6. The summed E-state index contributed by atoms with van der Waals surface area (Å²) in [5, 5.41) is 161. The van der Waals surface area contributed by atoms with Gasteiger partial charge >= 0.3 is 0 Å². The highest BCUT2D eigenvalue weighted by molar-refractivity contribution is 5.98. The Hall–Kier alpha value is -8.88. The van der Waals surface area contributed by atoms with Crippen molar-refractivity contribution in [2.45, 2.75) is 179 Å². The van der Waals surface area contributed by atoms with Crippen molar-refractivity contribution < 1.29 is 128 Å². The molecule has 6 heterocycles. The third-order valence-electron chi connectivity index (χ3n) is 19.1. The van der Waals surface area contributed by atoms with Crippen molar-refractivity contribution in [2.24, 2.45) is 21.5 Å². The summed E-state index contributed by atoms with van der Waals surface area (Å²) in [5.74, 6) is -8.45. The van der Waals surface area contributed by atoms with Crippen LogP contribution in [0, 0.1) is 0 Å². The summed E-state index contributed by atoms with van der Waals surface area (Å²) in [5.41, 5.74) is 14.4. The van der Waals surface area contributed by atoms with Crippen LogP contribution in [0.3, 0.4) is 0 Å². The molecular formula is C68H90N12O26. The number of nitrogens with two attached hydrogens (primary N) is 2. The molecule has 4 aromatic rings. The Kier molecular flexibility index (Phi) is 27.2. The number of carbonyl (C=O) groups excluding carboxylic acids is 6. The lowest BCUT2D eigenvalue weighted by molar-refractivity contribution is -0.357. The fraction of sp³-hybridized carbons (Fsp3) is 0.529. The standard InChI is InChI=1S/C68H90N12O26/c1-30(34-10-6-3-7-11-34)45-61(97)74-37(20-31-12-18-36(19-13-31)102-65-56(94)54(92)57(43(27-84)105-65)106-66-58(53(91)51(89)42(26-83)104-66)101-29-33-14-16-35(17-15-33)100-28-32-8-4-2-5-9-32)60(96)78-46(48(86)38-21-72-67(69)76-38)63(99)79-47(62(98)75-39(24-81)59(95)71-23-44(85)77-45)49(87)40-22-73-68(70)80(40)64-55(93)52(90)50(88)41(25-82)103-64/h2-19,30,37-43,45-58,64-66,81-84,86-94H,20-29H2,1H3,(H2,70,73)(H,71,95)(H,74,97)(H,75,98)(H,77,85)(H,78,96)(H,79,99)(H3,69,72,76)/t30?,37-,38?,39+,40?,41-,42-,43-,45+,46+,47-,48?,49?,50-,51-,52+,53+,54-,55+,56+,57-,58+,64+,65+,66-/m1/s1. The van der Waals surface area contributed by atoms with Crippen molar-refractivity contribution in [3.63, 3.8) is 0 Å². The molecule has 4 aromatic carbocycles. The molecule has 0 saturated carbocycles. The minimum absolute atomic E-state index is 0.0664. The van der Waals surface area contributed by atoms with Crippen molar-refractivity contribution in [1.29, 1.82) is 0 Å². The maximum Gasteiger partial charge on any atom is 0.246 e. The van der Waals surface area contributed by atoms with Crippen LogP contribution in [0.2, 0.25) is 0 Å². The first-order valence-electron chi connectivity index (χ1n) is 34.1. The quantitative estimate of drug-likeness (QED) is 0.0328. The fourth-order valence-corrected chi connectivity index (χ4v) is 13.0.